The van der Waals surface area contributed by atoms with Gasteiger partial charge in [-0.2, -0.15) is 0 Å². The van der Waals surface area contributed by atoms with E-state index in [-0.39, 0.29) is 17.6 Å². The van der Waals surface area contributed by atoms with Gasteiger partial charge in [-0.25, -0.2) is 0 Å². The lowest BCUT2D eigenvalue weighted by Gasteiger charge is -2.28. The van der Waals surface area contributed by atoms with Crippen molar-refractivity contribution in [2.45, 2.75) is 51.0 Å². The zero-order chi connectivity index (χ0) is 21.1. The molecule has 1 saturated carbocycles. The Morgan fingerprint density at radius 3 is 2.60 bits per heavy atom. The predicted octanol–water partition coefficient (Wildman–Crippen LogP) is 6.17. The van der Waals surface area contributed by atoms with Crippen molar-refractivity contribution in [3.63, 3.8) is 0 Å². The van der Waals surface area contributed by atoms with E-state index in [1.807, 2.05) is 0 Å². The molecule has 6 nitrogen and oxygen atoms in total. The van der Waals surface area contributed by atoms with Gasteiger partial charge in [-0.15, -0.1) is 0 Å². The second kappa shape index (κ2) is 9.14. The summed E-state index contributed by atoms with van der Waals surface area (Å²) in [6.07, 6.45) is 9.67. The molecule has 0 atom stereocenters. The van der Waals surface area contributed by atoms with Gasteiger partial charge in [-0.05, 0) is 25.0 Å². The Hall–Kier alpha value is -2.45. The number of rotatable bonds is 4. The lowest BCUT2D eigenvalue weighted by Crippen LogP contribution is -2.39. The molecule has 4 rings (SSSR count). The van der Waals surface area contributed by atoms with Crippen molar-refractivity contribution in [1.29, 1.82) is 0 Å². The lowest BCUT2D eigenvalue weighted by molar-refractivity contribution is -0.384. The smallest absolute Gasteiger partial charge is 0.270 e. The molecule has 1 aliphatic heterocycles. The SMILES string of the molecule is O=C1C(=Cc2ccc(-c3cccc([N+](=O)[O-])c3)o2)SC(=S)N1C1CCCCCCC1. The Kier molecular flexibility index (Phi) is 6.34. The predicted molar refractivity (Wildman–Crippen MR) is 122 cm³/mol. The zero-order valence-electron chi connectivity index (χ0n) is 16.4. The molecule has 1 aliphatic carbocycles. The van der Waals surface area contributed by atoms with E-state index < -0.39 is 4.92 Å². The second-order valence-electron chi connectivity index (χ2n) is 7.56. The monoisotopic (exact) mass is 442 g/mol. The number of thiocarbonyl (C=S) groups is 1. The first-order valence-electron chi connectivity index (χ1n) is 10.1. The Morgan fingerprint density at radius 2 is 1.87 bits per heavy atom. The number of nitro benzene ring substituents is 1. The van der Waals surface area contributed by atoms with Crippen molar-refractivity contribution in [1.82, 2.24) is 4.90 Å². The minimum Gasteiger partial charge on any atom is -0.457 e. The van der Waals surface area contributed by atoms with Crippen molar-refractivity contribution >= 4 is 46.0 Å². The highest BCUT2D eigenvalue weighted by atomic mass is 32.2. The fourth-order valence-electron chi connectivity index (χ4n) is 3.97. The second-order valence-corrected chi connectivity index (χ2v) is 9.24. The molecular weight excluding hydrogens is 420 g/mol. The number of hydrogen-bond donors (Lipinski definition) is 0. The van der Waals surface area contributed by atoms with E-state index in [4.69, 9.17) is 16.6 Å². The fourth-order valence-corrected chi connectivity index (χ4v) is 5.36. The van der Waals surface area contributed by atoms with Crippen LogP contribution in [0.3, 0.4) is 0 Å². The van der Waals surface area contributed by atoms with Gasteiger partial charge in [-0.1, -0.05) is 68.2 Å². The van der Waals surface area contributed by atoms with Crippen molar-refractivity contribution in [2.75, 3.05) is 0 Å². The van der Waals surface area contributed by atoms with Gasteiger partial charge >= 0.3 is 0 Å². The number of nitro groups is 1. The third kappa shape index (κ3) is 4.49. The maximum atomic E-state index is 13.0. The van der Waals surface area contributed by atoms with Gasteiger partial charge < -0.3 is 4.42 Å². The molecule has 1 aromatic carbocycles. The van der Waals surface area contributed by atoms with Gasteiger partial charge in [0.2, 0.25) is 0 Å². The molecule has 0 radical (unpaired) electrons. The molecule has 8 heteroatoms. The quantitative estimate of drug-likeness (QED) is 0.244. The van der Waals surface area contributed by atoms with Gasteiger partial charge in [0, 0.05) is 29.8 Å². The van der Waals surface area contributed by atoms with Gasteiger partial charge in [0.25, 0.3) is 11.6 Å². The summed E-state index contributed by atoms with van der Waals surface area (Å²) < 4.78 is 6.45. The topological polar surface area (TPSA) is 76.6 Å². The summed E-state index contributed by atoms with van der Waals surface area (Å²) in [6.45, 7) is 0. The number of hydrogen-bond acceptors (Lipinski definition) is 6. The highest BCUT2D eigenvalue weighted by molar-refractivity contribution is 8.26. The van der Waals surface area contributed by atoms with Gasteiger partial charge in [-0.3, -0.25) is 19.8 Å². The van der Waals surface area contributed by atoms with Crippen LogP contribution in [-0.2, 0) is 4.79 Å². The molecule has 1 aromatic heterocycles. The molecule has 2 aromatic rings. The Balaban J connectivity index is 1.53. The summed E-state index contributed by atoms with van der Waals surface area (Å²) in [5.74, 6) is 0.985. The summed E-state index contributed by atoms with van der Waals surface area (Å²) in [5.41, 5.74) is 0.622. The van der Waals surface area contributed by atoms with E-state index in [0.717, 1.165) is 25.7 Å². The van der Waals surface area contributed by atoms with Crippen molar-refractivity contribution < 1.29 is 14.1 Å². The van der Waals surface area contributed by atoms with E-state index in [2.05, 4.69) is 0 Å². The minimum atomic E-state index is -0.436. The number of benzene rings is 1. The summed E-state index contributed by atoms with van der Waals surface area (Å²) in [6, 6.07) is 9.97. The number of carbonyl (C=O) groups excluding carboxylic acids is 1. The normalized spacial score (nSPS) is 19.9. The number of thioether (sulfide) groups is 1. The third-order valence-electron chi connectivity index (χ3n) is 5.51. The standard InChI is InChI=1S/C22H22N2O4S2/c25-21-20(30-22(29)23(21)16-8-4-2-1-3-5-9-16)14-18-11-12-19(28-18)15-7-6-10-17(13-15)24(26)27/h6-7,10-14,16H,1-5,8-9H2. The molecular formula is C22H22N2O4S2. The van der Waals surface area contributed by atoms with Crippen LogP contribution < -0.4 is 0 Å². The molecule has 0 spiro atoms. The number of furan rings is 1. The van der Waals surface area contributed by atoms with Crippen LogP contribution in [-0.4, -0.2) is 26.1 Å². The van der Waals surface area contributed by atoms with Crippen molar-refractivity contribution in [3.8, 4) is 11.3 Å². The fraction of sp³-hybridized carbons (Fsp3) is 0.364. The minimum absolute atomic E-state index is 0.00511. The number of non-ortho nitro benzene ring substituents is 1. The molecule has 2 fully saturated rings. The van der Waals surface area contributed by atoms with Crippen LogP contribution in [0.2, 0.25) is 0 Å². The lowest BCUT2D eigenvalue weighted by atomic mass is 9.96. The van der Waals surface area contributed by atoms with Crippen molar-refractivity contribution in [3.05, 3.63) is 57.2 Å². The first-order chi connectivity index (χ1) is 14.5. The highest BCUT2D eigenvalue weighted by Crippen LogP contribution is 2.37. The highest BCUT2D eigenvalue weighted by Gasteiger charge is 2.37. The number of carbonyl (C=O) groups is 1. The molecule has 0 bridgehead atoms. The molecule has 156 valence electrons. The Labute approximate surface area is 184 Å². The van der Waals surface area contributed by atoms with Crippen molar-refractivity contribution in [2.24, 2.45) is 0 Å². The van der Waals surface area contributed by atoms with Gasteiger partial charge in [0.1, 0.15) is 15.8 Å². The maximum absolute atomic E-state index is 13.0. The van der Waals surface area contributed by atoms with Crippen LogP contribution in [0.1, 0.15) is 50.7 Å². The van der Waals surface area contributed by atoms with Crippen LogP contribution >= 0.6 is 24.0 Å². The molecule has 2 heterocycles. The van der Waals surface area contributed by atoms with Crippen LogP contribution in [0.5, 0.6) is 0 Å². The third-order valence-corrected chi connectivity index (χ3v) is 6.84. The molecule has 1 saturated heterocycles. The molecule has 2 aliphatic rings. The van der Waals surface area contributed by atoms with E-state index in [9.17, 15) is 14.9 Å². The van der Waals surface area contributed by atoms with E-state index in [0.29, 0.717) is 26.3 Å². The Morgan fingerprint density at radius 1 is 1.13 bits per heavy atom. The first-order valence-corrected chi connectivity index (χ1v) is 11.4. The summed E-state index contributed by atoms with van der Waals surface area (Å²) >= 11 is 6.84. The molecule has 1 amide bonds. The summed E-state index contributed by atoms with van der Waals surface area (Å²) in [7, 11) is 0. The maximum Gasteiger partial charge on any atom is 0.270 e. The zero-order valence-corrected chi connectivity index (χ0v) is 18.0. The van der Waals surface area contributed by atoms with E-state index in [1.165, 1.54) is 43.2 Å². The first kappa shape index (κ1) is 20.8. The molecule has 30 heavy (non-hydrogen) atoms. The van der Waals surface area contributed by atoms with Crippen LogP contribution in [0.15, 0.2) is 45.7 Å². The average Bonchev–Trinajstić information content (AvgIpc) is 3.27. The van der Waals surface area contributed by atoms with E-state index >= 15 is 0 Å². The summed E-state index contributed by atoms with van der Waals surface area (Å²) in [5, 5.41) is 11.0. The van der Waals surface area contributed by atoms with Gasteiger partial charge in [0.05, 0.1) is 9.83 Å². The largest absolute Gasteiger partial charge is 0.457 e. The van der Waals surface area contributed by atoms with Crippen LogP contribution in [0, 0.1) is 10.1 Å². The molecule has 0 unspecified atom stereocenters. The van der Waals surface area contributed by atoms with Crippen LogP contribution in [0.4, 0.5) is 5.69 Å². The van der Waals surface area contributed by atoms with Crippen LogP contribution in [0.25, 0.3) is 17.4 Å². The number of amides is 1. The van der Waals surface area contributed by atoms with Gasteiger partial charge in [0.15, 0.2) is 0 Å². The number of nitrogens with zero attached hydrogens (tertiary/aromatic N) is 2. The average molecular weight is 443 g/mol. The molecule has 0 N–H and O–H groups in total. The van der Waals surface area contributed by atoms with E-state index in [1.54, 1.807) is 35.2 Å². The summed E-state index contributed by atoms with van der Waals surface area (Å²) in [4.78, 5) is 26.0. The Bertz CT molecular complexity index is 1010.